The van der Waals surface area contributed by atoms with Gasteiger partial charge in [0.2, 0.25) is 11.8 Å². The number of aryl methyl sites for hydroxylation is 1. The molecular formula is C31H32FN5O5. The third kappa shape index (κ3) is 6.74. The monoisotopic (exact) mass is 573 g/mol. The van der Waals surface area contributed by atoms with E-state index in [2.05, 4.69) is 20.6 Å². The van der Waals surface area contributed by atoms with E-state index in [1.54, 1.807) is 50.7 Å². The van der Waals surface area contributed by atoms with Crippen LogP contribution in [-0.2, 0) is 20.9 Å². The fraction of sp³-hybridized carbons (Fsp3) is 0.290. The molecule has 42 heavy (non-hydrogen) atoms. The summed E-state index contributed by atoms with van der Waals surface area (Å²) in [5.41, 5.74) is 2.74. The lowest BCUT2D eigenvalue weighted by atomic mass is 10.1. The largest absolute Gasteiger partial charge is 0.454 e. The van der Waals surface area contributed by atoms with Crippen molar-refractivity contribution in [3.8, 4) is 11.5 Å². The molecule has 4 aromatic rings. The molecule has 3 amide bonds. The van der Waals surface area contributed by atoms with Gasteiger partial charge in [0.1, 0.15) is 11.8 Å². The first-order valence-electron chi connectivity index (χ1n) is 13.6. The maximum Gasteiger partial charge on any atom is 0.251 e. The second kappa shape index (κ2) is 12.8. The average Bonchev–Trinajstić information content (AvgIpc) is 3.60. The molecule has 0 bridgehead atoms. The molecule has 5 rings (SSSR count). The highest BCUT2D eigenvalue weighted by atomic mass is 19.1. The maximum atomic E-state index is 14.2. The number of pyridine rings is 1. The van der Waals surface area contributed by atoms with Crippen LogP contribution < -0.4 is 15.4 Å². The first-order chi connectivity index (χ1) is 20.3. The molecular weight excluding hydrogens is 541 g/mol. The molecule has 1 saturated heterocycles. The highest BCUT2D eigenvalue weighted by molar-refractivity contribution is 5.97. The Hall–Kier alpha value is -4.77. The minimum Gasteiger partial charge on any atom is -0.454 e. The summed E-state index contributed by atoms with van der Waals surface area (Å²) in [5.74, 6) is -1.36. The van der Waals surface area contributed by atoms with E-state index in [9.17, 15) is 18.8 Å². The Morgan fingerprint density at radius 3 is 2.76 bits per heavy atom. The van der Waals surface area contributed by atoms with Crippen molar-refractivity contribution in [2.24, 2.45) is 5.92 Å². The van der Waals surface area contributed by atoms with Crippen molar-refractivity contribution in [1.29, 1.82) is 0 Å². The number of aromatic nitrogens is 2. The number of amides is 3. The number of likely N-dealkylation sites (tertiary alicyclic amines) is 1. The van der Waals surface area contributed by atoms with E-state index < -0.39 is 17.8 Å². The van der Waals surface area contributed by atoms with Gasteiger partial charge in [-0.05, 0) is 61.4 Å². The van der Waals surface area contributed by atoms with Crippen molar-refractivity contribution >= 4 is 28.6 Å². The van der Waals surface area contributed by atoms with Crippen LogP contribution in [0.2, 0.25) is 0 Å². The van der Waals surface area contributed by atoms with Crippen molar-refractivity contribution in [2.45, 2.75) is 25.9 Å². The average molecular weight is 574 g/mol. The van der Waals surface area contributed by atoms with Crippen molar-refractivity contribution in [1.82, 2.24) is 25.5 Å². The second-order valence-electron chi connectivity index (χ2n) is 10.3. The third-order valence-corrected chi connectivity index (χ3v) is 7.15. The molecule has 10 nitrogen and oxygen atoms in total. The molecule has 0 saturated carbocycles. The number of carbonyl (C=O) groups is 3. The van der Waals surface area contributed by atoms with Crippen LogP contribution in [0.5, 0.6) is 11.5 Å². The van der Waals surface area contributed by atoms with Crippen molar-refractivity contribution in [3.63, 3.8) is 0 Å². The van der Waals surface area contributed by atoms with E-state index in [4.69, 9.17) is 9.47 Å². The molecule has 2 atom stereocenters. The van der Waals surface area contributed by atoms with E-state index >= 15 is 0 Å². The predicted molar refractivity (Wildman–Crippen MR) is 153 cm³/mol. The number of hydrogen-bond acceptors (Lipinski definition) is 6. The third-order valence-electron chi connectivity index (χ3n) is 7.15. The van der Waals surface area contributed by atoms with Gasteiger partial charge in [0.25, 0.3) is 5.91 Å². The maximum absolute atomic E-state index is 14.2. The lowest BCUT2D eigenvalue weighted by Crippen LogP contribution is -2.48. The standard InChI is InChI=1S/C31H32FN5O5/c1-19-6-7-28(25(32)10-19)42-24-5-3-4-21(13-24)30(39)35-16-29(38)37-17-20(18-41-2)11-27(37)31(40)34-15-23-12-22-14-33-9-8-26(22)36-23/h3-10,12-14,20,27,36H,11,15-18H2,1-2H3,(H,34,40)(H,35,39)/t20-,27+/m1/s1. The quantitative estimate of drug-likeness (QED) is 0.266. The summed E-state index contributed by atoms with van der Waals surface area (Å²) in [6, 6.07) is 13.9. The SMILES string of the molecule is COC[C@@H]1C[C@@H](C(=O)NCc2cc3cnccc3[nH]2)N(C(=O)CNC(=O)c2cccc(Oc3ccc(C)cc3F)c2)C1. The van der Waals surface area contributed by atoms with Crippen LogP contribution in [0.3, 0.4) is 0 Å². The van der Waals surface area contributed by atoms with Gasteiger partial charge in [-0.3, -0.25) is 19.4 Å². The summed E-state index contributed by atoms with van der Waals surface area (Å²) in [6.45, 7) is 2.49. The number of ether oxygens (including phenoxy) is 2. The number of hydrogen-bond donors (Lipinski definition) is 3. The zero-order valence-electron chi connectivity index (χ0n) is 23.4. The molecule has 0 spiro atoms. The number of rotatable bonds is 10. The lowest BCUT2D eigenvalue weighted by molar-refractivity contribution is -0.137. The van der Waals surface area contributed by atoms with Crippen molar-refractivity contribution < 1.29 is 28.2 Å². The predicted octanol–water partition coefficient (Wildman–Crippen LogP) is 3.71. The molecule has 1 aliphatic heterocycles. The molecule has 0 radical (unpaired) electrons. The Labute approximate surface area is 242 Å². The first-order valence-corrected chi connectivity index (χ1v) is 13.6. The molecule has 3 heterocycles. The number of nitrogens with one attached hydrogen (secondary N) is 3. The number of methoxy groups -OCH3 is 1. The van der Waals surface area contributed by atoms with Gasteiger partial charge in [0.05, 0.1) is 19.7 Å². The van der Waals surface area contributed by atoms with Crippen LogP contribution in [0, 0.1) is 18.7 Å². The number of benzene rings is 2. The summed E-state index contributed by atoms with van der Waals surface area (Å²) in [4.78, 5) is 48.1. The Bertz CT molecular complexity index is 1570. The van der Waals surface area contributed by atoms with Crippen molar-refractivity contribution in [2.75, 3.05) is 26.8 Å². The number of H-pyrrole nitrogens is 1. The van der Waals surface area contributed by atoms with Gasteiger partial charge in [-0.25, -0.2) is 4.39 Å². The normalized spacial score (nSPS) is 16.4. The topological polar surface area (TPSA) is 126 Å². The number of carbonyl (C=O) groups excluding carboxylic acids is 3. The molecule has 0 unspecified atom stereocenters. The Balaban J connectivity index is 1.19. The summed E-state index contributed by atoms with van der Waals surface area (Å²) in [6.07, 6.45) is 3.88. The number of fused-ring (bicyclic) bond motifs is 1. The molecule has 11 heteroatoms. The van der Waals surface area contributed by atoms with Crippen LogP contribution in [0.15, 0.2) is 67.0 Å². The summed E-state index contributed by atoms with van der Waals surface area (Å²) < 4.78 is 25.1. The number of halogens is 1. The van der Waals surface area contributed by atoms with Crippen LogP contribution in [0.25, 0.3) is 10.9 Å². The smallest absolute Gasteiger partial charge is 0.251 e. The zero-order valence-corrected chi connectivity index (χ0v) is 23.4. The van der Waals surface area contributed by atoms with Gasteiger partial charge in [-0.2, -0.15) is 0 Å². The molecule has 3 N–H and O–H groups in total. The van der Waals surface area contributed by atoms with Gasteiger partial charge < -0.3 is 30.0 Å². The Morgan fingerprint density at radius 1 is 1.12 bits per heavy atom. The van der Waals surface area contributed by atoms with E-state index in [0.29, 0.717) is 19.6 Å². The summed E-state index contributed by atoms with van der Waals surface area (Å²) in [5, 5.41) is 6.49. The van der Waals surface area contributed by atoms with E-state index in [0.717, 1.165) is 22.2 Å². The van der Waals surface area contributed by atoms with Gasteiger partial charge in [-0.15, -0.1) is 0 Å². The van der Waals surface area contributed by atoms with Crippen LogP contribution >= 0.6 is 0 Å². The first kappa shape index (κ1) is 28.7. The zero-order chi connectivity index (χ0) is 29.6. The fourth-order valence-corrected chi connectivity index (χ4v) is 5.11. The molecule has 2 aromatic heterocycles. The Kier molecular flexibility index (Phi) is 8.77. The molecule has 2 aromatic carbocycles. The Morgan fingerprint density at radius 2 is 1.98 bits per heavy atom. The summed E-state index contributed by atoms with van der Waals surface area (Å²) >= 11 is 0. The minimum atomic E-state index is -0.693. The molecule has 1 fully saturated rings. The molecule has 218 valence electrons. The fourth-order valence-electron chi connectivity index (χ4n) is 5.11. The van der Waals surface area contributed by atoms with Crippen LogP contribution in [-0.4, -0.2) is 65.4 Å². The van der Waals surface area contributed by atoms with Crippen LogP contribution in [0.4, 0.5) is 4.39 Å². The molecule has 1 aliphatic rings. The van der Waals surface area contributed by atoms with Gasteiger partial charge in [0.15, 0.2) is 11.6 Å². The van der Waals surface area contributed by atoms with Gasteiger partial charge >= 0.3 is 0 Å². The van der Waals surface area contributed by atoms with E-state index in [-0.39, 0.29) is 47.9 Å². The highest BCUT2D eigenvalue weighted by Crippen LogP contribution is 2.26. The molecule has 0 aliphatic carbocycles. The second-order valence-corrected chi connectivity index (χ2v) is 10.3. The van der Waals surface area contributed by atoms with Crippen molar-refractivity contribution in [3.05, 3.63) is 89.6 Å². The number of nitrogens with zero attached hydrogens (tertiary/aromatic N) is 2. The minimum absolute atomic E-state index is 0.0134. The summed E-state index contributed by atoms with van der Waals surface area (Å²) in [7, 11) is 1.58. The van der Waals surface area contributed by atoms with Crippen LogP contribution in [0.1, 0.15) is 28.0 Å². The number of aromatic amines is 1. The van der Waals surface area contributed by atoms with Gasteiger partial charge in [-0.1, -0.05) is 12.1 Å². The highest BCUT2D eigenvalue weighted by Gasteiger charge is 2.39. The lowest BCUT2D eigenvalue weighted by Gasteiger charge is -2.24. The van der Waals surface area contributed by atoms with E-state index in [1.165, 1.54) is 23.1 Å². The van der Waals surface area contributed by atoms with Gasteiger partial charge in [0, 0.05) is 54.1 Å². The van der Waals surface area contributed by atoms with E-state index in [1.807, 2.05) is 12.1 Å².